The Morgan fingerprint density at radius 1 is 1.14 bits per heavy atom. The number of benzene rings is 2. The quantitative estimate of drug-likeness (QED) is 0.514. The Balaban J connectivity index is 1.65. The lowest BCUT2D eigenvalue weighted by molar-refractivity contribution is -0.122. The van der Waals surface area contributed by atoms with Crippen LogP contribution in [0, 0.1) is 11.3 Å². The summed E-state index contributed by atoms with van der Waals surface area (Å²) in [6.07, 6.45) is 1.81. The molecule has 1 unspecified atom stereocenters. The fourth-order valence-electron chi connectivity index (χ4n) is 2.74. The van der Waals surface area contributed by atoms with E-state index in [1.165, 1.54) is 0 Å². The largest absolute Gasteiger partial charge is 0.361 e. The highest BCUT2D eigenvalue weighted by atomic mass is 32.2. The van der Waals surface area contributed by atoms with Crippen molar-refractivity contribution in [3.8, 4) is 6.07 Å². The van der Waals surface area contributed by atoms with Crippen molar-refractivity contribution in [3.63, 3.8) is 0 Å². The van der Waals surface area contributed by atoms with E-state index in [-0.39, 0.29) is 18.4 Å². The molecule has 0 fully saturated rings. The van der Waals surface area contributed by atoms with E-state index in [1.807, 2.05) is 54.7 Å². The first kappa shape index (κ1) is 19.5. The summed E-state index contributed by atoms with van der Waals surface area (Å²) in [5.41, 5.74) is 2.57. The van der Waals surface area contributed by atoms with Gasteiger partial charge in [0.2, 0.25) is 5.91 Å². The first-order chi connectivity index (χ1) is 13.7. The molecule has 0 aliphatic rings. The zero-order chi connectivity index (χ0) is 19.8. The first-order valence-corrected chi connectivity index (χ1v) is 9.97. The summed E-state index contributed by atoms with van der Waals surface area (Å²) in [7, 11) is 0. The van der Waals surface area contributed by atoms with Gasteiger partial charge in [-0.25, -0.2) is 0 Å². The maximum absolute atomic E-state index is 12.7. The molecule has 0 aliphatic carbocycles. The van der Waals surface area contributed by atoms with Gasteiger partial charge in [0.15, 0.2) is 0 Å². The van der Waals surface area contributed by atoms with E-state index in [4.69, 9.17) is 5.26 Å². The molecule has 0 aliphatic heterocycles. The SMILES string of the molecule is N#CCNC(=O)C(CSCc1ccccc1)NC(=O)c1ccc2[nH]ccc2c1. The Kier molecular flexibility index (Phi) is 6.71. The maximum atomic E-state index is 12.7. The predicted octanol–water partition coefficient (Wildman–Crippen LogP) is 2.84. The highest BCUT2D eigenvalue weighted by Gasteiger charge is 2.21. The molecule has 0 saturated heterocycles. The second kappa shape index (κ2) is 9.62. The molecule has 28 heavy (non-hydrogen) atoms. The minimum atomic E-state index is -0.725. The zero-order valence-electron chi connectivity index (χ0n) is 15.1. The third-order valence-corrected chi connectivity index (χ3v) is 5.28. The molecule has 0 bridgehead atoms. The second-order valence-corrected chi connectivity index (χ2v) is 7.21. The van der Waals surface area contributed by atoms with Crippen molar-refractivity contribution >= 4 is 34.5 Å². The van der Waals surface area contributed by atoms with Crippen LogP contribution in [0.25, 0.3) is 10.9 Å². The number of amides is 2. The number of rotatable bonds is 8. The molecule has 3 N–H and O–H groups in total. The molecule has 3 aromatic rings. The van der Waals surface area contributed by atoms with E-state index in [2.05, 4.69) is 15.6 Å². The van der Waals surface area contributed by atoms with Gasteiger partial charge in [0.1, 0.15) is 12.6 Å². The van der Waals surface area contributed by atoms with Crippen molar-refractivity contribution in [2.75, 3.05) is 12.3 Å². The molecule has 1 atom stereocenters. The van der Waals surface area contributed by atoms with Crippen LogP contribution in [0.15, 0.2) is 60.8 Å². The number of hydrogen-bond donors (Lipinski definition) is 3. The molecule has 3 rings (SSSR count). The molecule has 1 aromatic heterocycles. The van der Waals surface area contributed by atoms with Crippen LogP contribution in [0.2, 0.25) is 0 Å². The smallest absolute Gasteiger partial charge is 0.251 e. The van der Waals surface area contributed by atoms with Crippen LogP contribution in [0.3, 0.4) is 0 Å². The van der Waals surface area contributed by atoms with Crippen molar-refractivity contribution < 1.29 is 9.59 Å². The van der Waals surface area contributed by atoms with Crippen LogP contribution in [0.4, 0.5) is 0 Å². The van der Waals surface area contributed by atoms with Crippen LogP contribution in [0.5, 0.6) is 0 Å². The molecular weight excluding hydrogens is 372 g/mol. The molecule has 2 amide bonds. The standard InChI is InChI=1S/C21H20N4O2S/c22-9-11-24-21(27)19(14-28-13-15-4-2-1-3-5-15)25-20(26)17-6-7-18-16(12-17)8-10-23-18/h1-8,10,12,19,23H,11,13-14H2,(H,24,27)(H,25,26). The topological polar surface area (TPSA) is 97.8 Å². The summed E-state index contributed by atoms with van der Waals surface area (Å²) < 4.78 is 0. The van der Waals surface area contributed by atoms with Crippen LogP contribution >= 0.6 is 11.8 Å². The van der Waals surface area contributed by atoms with E-state index < -0.39 is 6.04 Å². The molecule has 142 valence electrons. The molecule has 7 heteroatoms. The van der Waals surface area contributed by atoms with Gasteiger partial charge in [0, 0.05) is 34.2 Å². The number of fused-ring (bicyclic) bond motifs is 1. The van der Waals surface area contributed by atoms with Crippen LogP contribution in [-0.4, -0.2) is 35.1 Å². The summed E-state index contributed by atoms with van der Waals surface area (Å²) >= 11 is 1.55. The second-order valence-electron chi connectivity index (χ2n) is 6.18. The summed E-state index contributed by atoms with van der Waals surface area (Å²) in [4.78, 5) is 28.1. The number of nitrogens with one attached hydrogen (secondary N) is 3. The maximum Gasteiger partial charge on any atom is 0.251 e. The minimum Gasteiger partial charge on any atom is -0.361 e. The van der Waals surface area contributed by atoms with E-state index in [0.717, 1.165) is 22.2 Å². The minimum absolute atomic E-state index is 0.0934. The van der Waals surface area contributed by atoms with Crippen molar-refractivity contribution in [1.29, 1.82) is 5.26 Å². The number of thioether (sulfide) groups is 1. The Labute approximate surface area is 167 Å². The van der Waals surface area contributed by atoms with Crippen molar-refractivity contribution in [2.24, 2.45) is 0 Å². The van der Waals surface area contributed by atoms with Crippen LogP contribution < -0.4 is 10.6 Å². The van der Waals surface area contributed by atoms with E-state index in [1.54, 1.807) is 23.9 Å². The third-order valence-electron chi connectivity index (χ3n) is 4.18. The average molecular weight is 392 g/mol. The number of nitrogens with zero attached hydrogens (tertiary/aromatic N) is 1. The van der Waals surface area contributed by atoms with E-state index in [9.17, 15) is 9.59 Å². The Morgan fingerprint density at radius 3 is 2.75 bits per heavy atom. The fraction of sp³-hybridized carbons (Fsp3) is 0.190. The van der Waals surface area contributed by atoms with Gasteiger partial charge in [-0.2, -0.15) is 17.0 Å². The molecule has 1 heterocycles. The van der Waals surface area contributed by atoms with E-state index in [0.29, 0.717) is 11.3 Å². The van der Waals surface area contributed by atoms with Gasteiger partial charge in [-0.3, -0.25) is 9.59 Å². The van der Waals surface area contributed by atoms with Gasteiger partial charge in [0.05, 0.1) is 6.07 Å². The summed E-state index contributed by atoms with van der Waals surface area (Å²) in [5, 5.41) is 15.0. The lowest BCUT2D eigenvalue weighted by Crippen LogP contribution is -2.48. The lowest BCUT2D eigenvalue weighted by Gasteiger charge is -2.17. The number of aromatic amines is 1. The lowest BCUT2D eigenvalue weighted by atomic mass is 10.1. The van der Waals surface area contributed by atoms with Gasteiger partial charge >= 0.3 is 0 Å². The van der Waals surface area contributed by atoms with Crippen molar-refractivity contribution in [2.45, 2.75) is 11.8 Å². The zero-order valence-corrected chi connectivity index (χ0v) is 16.0. The number of carbonyl (C=O) groups excluding carboxylic acids is 2. The number of aromatic nitrogens is 1. The number of hydrogen-bond acceptors (Lipinski definition) is 4. The van der Waals surface area contributed by atoms with Crippen LogP contribution in [-0.2, 0) is 10.5 Å². The average Bonchev–Trinajstić information content (AvgIpc) is 3.19. The molecule has 2 aromatic carbocycles. The fourth-order valence-corrected chi connectivity index (χ4v) is 3.75. The highest BCUT2D eigenvalue weighted by Crippen LogP contribution is 2.16. The van der Waals surface area contributed by atoms with Gasteiger partial charge in [-0.1, -0.05) is 30.3 Å². The summed E-state index contributed by atoms with van der Waals surface area (Å²) in [6.45, 7) is -0.0934. The summed E-state index contributed by atoms with van der Waals surface area (Å²) in [6, 6.07) is 18.3. The Morgan fingerprint density at radius 2 is 1.96 bits per heavy atom. The monoisotopic (exact) mass is 392 g/mol. The molecule has 0 spiro atoms. The Hall–Kier alpha value is -3.24. The molecule has 6 nitrogen and oxygen atoms in total. The van der Waals surface area contributed by atoms with Crippen molar-refractivity contribution in [3.05, 3.63) is 71.9 Å². The molecule has 0 saturated carbocycles. The molecule has 0 radical (unpaired) electrons. The van der Waals surface area contributed by atoms with Crippen molar-refractivity contribution in [1.82, 2.24) is 15.6 Å². The van der Waals surface area contributed by atoms with Gasteiger partial charge < -0.3 is 15.6 Å². The number of carbonyl (C=O) groups is 2. The first-order valence-electron chi connectivity index (χ1n) is 8.81. The summed E-state index contributed by atoms with van der Waals surface area (Å²) in [5.74, 6) is 0.455. The normalized spacial score (nSPS) is 11.5. The predicted molar refractivity (Wildman–Crippen MR) is 111 cm³/mol. The van der Waals surface area contributed by atoms with Gasteiger partial charge in [0.25, 0.3) is 5.91 Å². The molecular formula is C21H20N4O2S. The Bertz CT molecular complexity index is 994. The van der Waals surface area contributed by atoms with Gasteiger partial charge in [-0.05, 0) is 29.8 Å². The highest BCUT2D eigenvalue weighted by molar-refractivity contribution is 7.98. The van der Waals surface area contributed by atoms with E-state index >= 15 is 0 Å². The van der Waals surface area contributed by atoms with Gasteiger partial charge in [-0.15, -0.1) is 0 Å². The van der Waals surface area contributed by atoms with Crippen LogP contribution in [0.1, 0.15) is 15.9 Å². The third kappa shape index (κ3) is 5.15. The number of H-pyrrole nitrogens is 1. The number of nitriles is 1.